The normalized spacial score (nSPS) is 10.5. The molecule has 0 aliphatic rings. The van der Waals surface area contributed by atoms with E-state index in [9.17, 15) is 14.4 Å². The molecule has 1 heterocycles. The molecule has 0 fully saturated rings. The number of H-pyrrole nitrogens is 1. The average Bonchev–Trinajstić information content (AvgIpc) is 2.54. The van der Waals surface area contributed by atoms with Crippen LogP contribution in [0.5, 0.6) is 5.75 Å². The zero-order valence-corrected chi connectivity index (χ0v) is 14.8. The van der Waals surface area contributed by atoms with E-state index in [0.29, 0.717) is 34.8 Å². The van der Waals surface area contributed by atoms with Crippen LogP contribution in [0.25, 0.3) is 10.9 Å². The molecule has 2 aromatic rings. The summed E-state index contributed by atoms with van der Waals surface area (Å²) in [6, 6.07) is 5.16. The van der Waals surface area contributed by atoms with Crippen molar-refractivity contribution in [3.05, 3.63) is 39.1 Å². The number of carbonyl (C=O) groups excluding carboxylic acids is 2. The first-order valence-electron chi connectivity index (χ1n) is 7.81. The molecule has 2 amide bonds. The summed E-state index contributed by atoms with van der Waals surface area (Å²) in [4.78, 5) is 37.3. The van der Waals surface area contributed by atoms with Crippen molar-refractivity contribution in [2.45, 2.75) is 19.8 Å². The molecule has 0 bridgehead atoms. The Morgan fingerprint density at radius 3 is 2.64 bits per heavy atom. The summed E-state index contributed by atoms with van der Waals surface area (Å²) in [7, 11) is 1.52. The van der Waals surface area contributed by atoms with Gasteiger partial charge in [-0.05, 0) is 24.6 Å². The van der Waals surface area contributed by atoms with E-state index in [4.69, 9.17) is 16.3 Å². The van der Waals surface area contributed by atoms with Crippen molar-refractivity contribution in [3.8, 4) is 5.75 Å². The van der Waals surface area contributed by atoms with Crippen LogP contribution in [0.3, 0.4) is 0 Å². The van der Waals surface area contributed by atoms with Crippen molar-refractivity contribution < 1.29 is 14.3 Å². The first-order chi connectivity index (χ1) is 11.9. The lowest BCUT2D eigenvalue weighted by molar-refractivity contribution is -0.121. The number of nitrogens with one attached hydrogen (secondary N) is 3. The Morgan fingerprint density at radius 1 is 1.20 bits per heavy atom. The van der Waals surface area contributed by atoms with Gasteiger partial charge in [-0.25, -0.2) is 0 Å². The second-order valence-electron chi connectivity index (χ2n) is 5.53. The van der Waals surface area contributed by atoms with Crippen molar-refractivity contribution in [2.75, 3.05) is 20.2 Å². The number of methoxy groups -OCH3 is 1. The fraction of sp³-hybridized carbons (Fsp3) is 0.353. The lowest BCUT2D eigenvalue weighted by atomic mass is 10.1. The summed E-state index contributed by atoms with van der Waals surface area (Å²) in [5, 5.41) is 6.49. The fourth-order valence-corrected chi connectivity index (χ4v) is 2.61. The number of aromatic amines is 1. The monoisotopic (exact) mass is 365 g/mol. The molecule has 8 heteroatoms. The fourth-order valence-electron chi connectivity index (χ4n) is 2.37. The van der Waals surface area contributed by atoms with Gasteiger partial charge in [0.25, 0.3) is 5.56 Å². The number of carbonyl (C=O) groups is 2. The van der Waals surface area contributed by atoms with Crippen LogP contribution < -0.4 is 20.9 Å². The number of aromatic nitrogens is 1. The molecule has 1 aromatic carbocycles. The van der Waals surface area contributed by atoms with Crippen molar-refractivity contribution >= 4 is 34.3 Å². The third-order valence-electron chi connectivity index (χ3n) is 3.64. The number of benzene rings is 1. The number of hydrogen-bond donors (Lipinski definition) is 3. The minimum atomic E-state index is -0.221. The molecule has 2 rings (SSSR count). The number of halogens is 1. The Kier molecular flexibility index (Phi) is 6.41. The van der Waals surface area contributed by atoms with Gasteiger partial charge in [-0.3, -0.25) is 14.4 Å². The Labute approximate surface area is 149 Å². The van der Waals surface area contributed by atoms with Crippen LogP contribution in [-0.2, 0) is 16.0 Å². The number of hydrogen-bond acceptors (Lipinski definition) is 4. The van der Waals surface area contributed by atoms with Crippen LogP contribution >= 0.6 is 11.6 Å². The molecule has 0 radical (unpaired) electrons. The summed E-state index contributed by atoms with van der Waals surface area (Å²) in [5.74, 6) is 0.170. The number of fused-ring (bicyclic) bond motifs is 1. The molecule has 25 heavy (non-hydrogen) atoms. The van der Waals surface area contributed by atoms with Crippen LogP contribution in [0.2, 0.25) is 5.02 Å². The molecule has 7 nitrogen and oxygen atoms in total. The van der Waals surface area contributed by atoms with E-state index in [0.717, 1.165) is 5.39 Å². The van der Waals surface area contributed by atoms with Gasteiger partial charge in [0.15, 0.2) is 0 Å². The highest BCUT2D eigenvalue weighted by molar-refractivity contribution is 6.32. The number of rotatable bonds is 7. The zero-order valence-electron chi connectivity index (χ0n) is 14.1. The number of amides is 2. The molecular formula is C17H20ClN3O4. The summed E-state index contributed by atoms with van der Waals surface area (Å²) in [6.45, 7) is 2.02. The highest BCUT2D eigenvalue weighted by atomic mass is 35.5. The van der Waals surface area contributed by atoms with Crippen molar-refractivity contribution in [1.29, 1.82) is 0 Å². The standard InChI is InChI=1S/C17H20ClN3O4/c1-10(22)19-6-4-16(23)20-5-3-11-7-12-8-15(25-2)13(18)9-14(12)21-17(11)24/h7-9H,3-6H2,1-2H3,(H,19,22)(H,20,23)(H,21,24). The van der Waals surface area contributed by atoms with Crippen LogP contribution in [-0.4, -0.2) is 37.0 Å². The van der Waals surface area contributed by atoms with Gasteiger partial charge < -0.3 is 20.4 Å². The SMILES string of the molecule is COc1cc2cc(CCNC(=O)CCNC(C)=O)c(=O)[nH]c2cc1Cl. The van der Waals surface area contributed by atoms with Gasteiger partial charge in [0, 0.05) is 37.4 Å². The molecule has 134 valence electrons. The predicted molar refractivity (Wildman–Crippen MR) is 96.1 cm³/mol. The lowest BCUT2D eigenvalue weighted by Crippen LogP contribution is -2.31. The molecule has 3 N–H and O–H groups in total. The van der Waals surface area contributed by atoms with E-state index in [2.05, 4.69) is 15.6 Å². The largest absolute Gasteiger partial charge is 0.495 e. The highest BCUT2D eigenvalue weighted by Crippen LogP contribution is 2.28. The smallest absolute Gasteiger partial charge is 0.251 e. The first kappa shape index (κ1) is 18.8. The zero-order chi connectivity index (χ0) is 18.4. The Balaban J connectivity index is 2.00. The molecule has 0 aliphatic carbocycles. The summed E-state index contributed by atoms with van der Waals surface area (Å²) in [5.41, 5.74) is 0.958. The number of ether oxygens (including phenoxy) is 1. The molecule has 0 spiro atoms. The van der Waals surface area contributed by atoms with Crippen LogP contribution in [0.1, 0.15) is 18.9 Å². The van der Waals surface area contributed by atoms with Crippen molar-refractivity contribution in [1.82, 2.24) is 15.6 Å². The maximum absolute atomic E-state index is 12.1. The second-order valence-corrected chi connectivity index (χ2v) is 5.94. The van der Waals surface area contributed by atoms with E-state index in [-0.39, 0.29) is 30.3 Å². The summed E-state index contributed by atoms with van der Waals surface area (Å²) < 4.78 is 5.18. The Bertz CT molecular complexity index is 848. The van der Waals surface area contributed by atoms with E-state index in [1.807, 2.05) is 0 Å². The van der Waals surface area contributed by atoms with Crippen LogP contribution in [0, 0.1) is 0 Å². The van der Waals surface area contributed by atoms with Gasteiger partial charge >= 0.3 is 0 Å². The molecule has 0 saturated heterocycles. The van der Waals surface area contributed by atoms with Crippen molar-refractivity contribution in [3.63, 3.8) is 0 Å². The van der Waals surface area contributed by atoms with E-state index in [1.54, 1.807) is 18.2 Å². The molecular weight excluding hydrogens is 346 g/mol. The van der Waals surface area contributed by atoms with Gasteiger partial charge in [-0.2, -0.15) is 0 Å². The maximum atomic E-state index is 12.1. The quantitative estimate of drug-likeness (QED) is 0.690. The van der Waals surface area contributed by atoms with E-state index >= 15 is 0 Å². The Morgan fingerprint density at radius 2 is 1.96 bits per heavy atom. The van der Waals surface area contributed by atoms with Gasteiger partial charge in [0.1, 0.15) is 5.75 Å². The minimum Gasteiger partial charge on any atom is -0.495 e. The van der Waals surface area contributed by atoms with Gasteiger partial charge in [-0.15, -0.1) is 0 Å². The Hall–Kier alpha value is -2.54. The summed E-state index contributed by atoms with van der Waals surface area (Å²) >= 11 is 6.05. The number of pyridine rings is 1. The lowest BCUT2D eigenvalue weighted by Gasteiger charge is -2.08. The van der Waals surface area contributed by atoms with Crippen LogP contribution in [0.4, 0.5) is 0 Å². The molecule has 0 unspecified atom stereocenters. The molecule has 1 aromatic heterocycles. The molecule has 0 saturated carbocycles. The topological polar surface area (TPSA) is 100 Å². The second kappa shape index (κ2) is 8.53. The third kappa shape index (κ3) is 5.22. The first-order valence-corrected chi connectivity index (χ1v) is 8.19. The highest BCUT2D eigenvalue weighted by Gasteiger charge is 2.08. The molecule has 0 aliphatic heterocycles. The van der Waals surface area contributed by atoms with Gasteiger partial charge in [0.05, 0.1) is 17.6 Å². The summed E-state index contributed by atoms with van der Waals surface area (Å²) in [6.07, 6.45) is 0.589. The van der Waals surface area contributed by atoms with E-state index in [1.165, 1.54) is 14.0 Å². The van der Waals surface area contributed by atoms with Gasteiger partial charge in [-0.1, -0.05) is 11.6 Å². The third-order valence-corrected chi connectivity index (χ3v) is 3.93. The van der Waals surface area contributed by atoms with E-state index < -0.39 is 0 Å². The maximum Gasteiger partial charge on any atom is 0.251 e. The molecule has 0 atom stereocenters. The van der Waals surface area contributed by atoms with Crippen LogP contribution in [0.15, 0.2) is 23.0 Å². The predicted octanol–water partition coefficient (Wildman–Crippen LogP) is 1.38. The van der Waals surface area contributed by atoms with Gasteiger partial charge in [0.2, 0.25) is 11.8 Å². The van der Waals surface area contributed by atoms with Crippen molar-refractivity contribution in [2.24, 2.45) is 0 Å². The average molecular weight is 366 g/mol. The minimum absolute atomic E-state index is 0.175.